The number of amides is 1. The average molecular weight is 479 g/mol. The van der Waals surface area contributed by atoms with Crippen LogP contribution in [0.15, 0.2) is 73.2 Å². The Morgan fingerprint density at radius 1 is 1.03 bits per heavy atom. The third kappa shape index (κ3) is 5.09. The van der Waals surface area contributed by atoms with Gasteiger partial charge in [-0.15, -0.1) is 0 Å². The summed E-state index contributed by atoms with van der Waals surface area (Å²) in [5.74, 6) is 1.24. The van der Waals surface area contributed by atoms with Gasteiger partial charge in [0.15, 0.2) is 11.5 Å². The Morgan fingerprint density at radius 3 is 2.67 bits per heavy atom. The maximum atomic E-state index is 13.9. The molecule has 9 heteroatoms. The van der Waals surface area contributed by atoms with Gasteiger partial charge in [0.05, 0.1) is 23.9 Å². The molecular weight excluding hydrogens is 452 g/mol. The molecule has 1 aliphatic heterocycles. The first-order valence-electron chi connectivity index (χ1n) is 11.8. The van der Waals surface area contributed by atoms with E-state index in [0.717, 1.165) is 22.6 Å². The predicted molar refractivity (Wildman–Crippen MR) is 135 cm³/mol. The maximum absolute atomic E-state index is 13.9. The highest BCUT2D eigenvalue weighted by molar-refractivity contribution is 5.98. The van der Waals surface area contributed by atoms with Crippen LogP contribution in [0.3, 0.4) is 0 Å². The van der Waals surface area contributed by atoms with Crippen LogP contribution in [-0.2, 0) is 26.2 Å². The number of benzene rings is 2. The molecule has 9 nitrogen and oxygen atoms in total. The summed E-state index contributed by atoms with van der Waals surface area (Å²) in [6.45, 7) is 2.96. The topological polar surface area (TPSA) is 112 Å². The van der Waals surface area contributed by atoms with Crippen molar-refractivity contribution in [3.05, 3.63) is 107 Å². The Hall–Kier alpha value is -4.55. The van der Waals surface area contributed by atoms with Gasteiger partial charge in [-0.25, -0.2) is 4.98 Å². The van der Waals surface area contributed by atoms with E-state index in [-0.39, 0.29) is 5.91 Å². The smallest absolute Gasteiger partial charge is 0.274 e. The van der Waals surface area contributed by atoms with E-state index in [1.54, 1.807) is 29.6 Å². The molecule has 2 N–H and O–H groups in total. The number of anilines is 1. The average Bonchev–Trinajstić information content (AvgIpc) is 3.17. The van der Waals surface area contributed by atoms with Gasteiger partial charge < -0.3 is 20.1 Å². The summed E-state index contributed by atoms with van der Waals surface area (Å²) in [6.07, 6.45) is 5.03. The Morgan fingerprint density at radius 2 is 1.86 bits per heavy atom. The summed E-state index contributed by atoms with van der Waals surface area (Å²) < 4.78 is 1.98. The second kappa shape index (κ2) is 10.8. The molecule has 36 heavy (non-hydrogen) atoms. The van der Waals surface area contributed by atoms with Gasteiger partial charge in [-0.3, -0.25) is 14.8 Å². The van der Waals surface area contributed by atoms with Crippen molar-refractivity contribution in [2.45, 2.75) is 26.2 Å². The van der Waals surface area contributed by atoms with E-state index in [1.165, 1.54) is 0 Å². The first-order chi connectivity index (χ1) is 17.7. The van der Waals surface area contributed by atoms with Crippen LogP contribution < -0.4 is 10.6 Å². The molecule has 0 fully saturated rings. The molecule has 4 aromatic rings. The van der Waals surface area contributed by atoms with Gasteiger partial charge in [-0.1, -0.05) is 48.5 Å². The van der Waals surface area contributed by atoms with Crippen molar-refractivity contribution >= 4 is 11.7 Å². The number of imidazole rings is 1. The van der Waals surface area contributed by atoms with E-state index in [9.17, 15) is 10.1 Å². The molecule has 0 saturated carbocycles. The van der Waals surface area contributed by atoms with Crippen molar-refractivity contribution in [3.8, 4) is 6.07 Å². The maximum Gasteiger partial charge on any atom is 0.274 e. The number of fused-ring (bicyclic) bond motifs is 1. The third-order valence-corrected chi connectivity index (χ3v) is 6.10. The highest BCUT2D eigenvalue weighted by atomic mass is 16.2. The van der Waals surface area contributed by atoms with Gasteiger partial charge in [0.25, 0.3) is 5.91 Å². The Bertz CT molecular complexity index is 1380. The van der Waals surface area contributed by atoms with Crippen LogP contribution in [0.2, 0.25) is 0 Å². The first-order valence-corrected chi connectivity index (χ1v) is 11.8. The van der Waals surface area contributed by atoms with Crippen LogP contribution in [0.1, 0.15) is 38.7 Å². The normalized spacial score (nSPS) is 13.0. The number of carbonyl (C=O) groups excluding carboxylic acids is 1. The molecule has 180 valence electrons. The van der Waals surface area contributed by atoms with Crippen LogP contribution in [0.4, 0.5) is 5.82 Å². The van der Waals surface area contributed by atoms with E-state index >= 15 is 0 Å². The summed E-state index contributed by atoms with van der Waals surface area (Å²) in [5.41, 5.74) is 3.84. The lowest BCUT2D eigenvalue weighted by atomic mass is 10.1. The Kier molecular flexibility index (Phi) is 6.96. The molecule has 5 rings (SSSR count). The van der Waals surface area contributed by atoms with Gasteiger partial charge in [0.1, 0.15) is 5.82 Å². The first kappa shape index (κ1) is 23.2. The monoisotopic (exact) mass is 478 g/mol. The molecule has 0 unspecified atom stereocenters. The minimum Gasteiger partial charge on any atom is -0.366 e. The lowest BCUT2D eigenvalue weighted by Gasteiger charge is -2.22. The van der Waals surface area contributed by atoms with Crippen LogP contribution >= 0.6 is 0 Å². The van der Waals surface area contributed by atoms with Crippen molar-refractivity contribution in [1.29, 1.82) is 5.26 Å². The zero-order valence-corrected chi connectivity index (χ0v) is 19.8. The molecule has 0 spiro atoms. The fourth-order valence-corrected chi connectivity index (χ4v) is 4.32. The molecule has 0 bridgehead atoms. The Balaban J connectivity index is 1.45. The van der Waals surface area contributed by atoms with E-state index < -0.39 is 0 Å². The fourth-order valence-electron chi connectivity index (χ4n) is 4.32. The number of aromatic nitrogens is 4. The van der Waals surface area contributed by atoms with E-state index in [4.69, 9.17) is 4.98 Å². The number of nitriles is 1. The van der Waals surface area contributed by atoms with Crippen molar-refractivity contribution in [1.82, 2.24) is 29.7 Å². The number of hydrogen-bond acceptors (Lipinski definition) is 7. The standard InChI is InChI=1S/C27H26N8O/c28-14-21-8-4-5-9-22(21)19-34-13-12-32-26-25(27(34)36)35(18-20-6-2-1-3-7-20)24(33-26)17-30-16-23-15-29-10-11-31-23/h1-11,15,30,32H,12-13,16-19H2. The van der Waals surface area contributed by atoms with Crippen molar-refractivity contribution in [2.24, 2.45) is 0 Å². The van der Waals surface area contributed by atoms with Gasteiger partial charge in [0.2, 0.25) is 0 Å². The molecule has 1 aliphatic rings. The lowest BCUT2D eigenvalue weighted by molar-refractivity contribution is 0.0745. The molecule has 1 amide bonds. The molecule has 0 radical (unpaired) electrons. The summed E-state index contributed by atoms with van der Waals surface area (Å²) in [6, 6.07) is 19.7. The van der Waals surface area contributed by atoms with Crippen molar-refractivity contribution < 1.29 is 4.79 Å². The second-order valence-corrected chi connectivity index (χ2v) is 8.52. The SMILES string of the molecule is N#Cc1ccccc1CN1CCNc2nc(CNCc3cnccn3)n(Cc3ccccc3)c2C1=O. The zero-order chi connectivity index (χ0) is 24.7. The summed E-state index contributed by atoms with van der Waals surface area (Å²) in [7, 11) is 0. The molecule has 0 saturated heterocycles. The number of hydrogen-bond donors (Lipinski definition) is 2. The van der Waals surface area contributed by atoms with Gasteiger partial charge in [0, 0.05) is 51.3 Å². The summed E-state index contributed by atoms with van der Waals surface area (Å²) >= 11 is 0. The Labute approximate surface area is 209 Å². The van der Waals surface area contributed by atoms with Crippen LogP contribution in [0, 0.1) is 11.3 Å². The quantitative estimate of drug-likeness (QED) is 0.400. The van der Waals surface area contributed by atoms with Gasteiger partial charge >= 0.3 is 0 Å². The van der Waals surface area contributed by atoms with Crippen LogP contribution in [0.25, 0.3) is 0 Å². The third-order valence-electron chi connectivity index (χ3n) is 6.10. The molecule has 2 aromatic carbocycles. The number of nitrogens with zero attached hydrogens (tertiary/aromatic N) is 6. The number of rotatable bonds is 8. The number of carbonyl (C=O) groups is 1. The fraction of sp³-hybridized carbons (Fsp3) is 0.222. The minimum atomic E-state index is -0.105. The van der Waals surface area contributed by atoms with Gasteiger partial charge in [-0.05, 0) is 17.2 Å². The minimum absolute atomic E-state index is 0.105. The van der Waals surface area contributed by atoms with Crippen molar-refractivity contribution in [3.63, 3.8) is 0 Å². The largest absolute Gasteiger partial charge is 0.366 e. The molecule has 0 aliphatic carbocycles. The lowest BCUT2D eigenvalue weighted by Crippen LogP contribution is -2.34. The zero-order valence-electron chi connectivity index (χ0n) is 19.8. The van der Waals surface area contributed by atoms with E-state index in [2.05, 4.69) is 26.7 Å². The predicted octanol–water partition coefficient (Wildman–Crippen LogP) is 2.95. The molecular formula is C27H26N8O. The highest BCUT2D eigenvalue weighted by Gasteiger charge is 2.30. The molecule has 3 heterocycles. The number of nitrogens with one attached hydrogen (secondary N) is 2. The van der Waals surface area contributed by atoms with Gasteiger partial charge in [-0.2, -0.15) is 5.26 Å². The van der Waals surface area contributed by atoms with Crippen molar-refractivity contribution in [2.75, 3.05) is 18.4 Å². The second-order valence-electron chi connectivity index (χ2n) is 8.52. The van der Waals surface area contributed by atoms with E-state index in [1.807, 2.05) is 53.1 Å². The molecule has 0 atom stereocenters. The summed E-state index contributed by atoms with van der Waals surface area (Å²) in [4.78, 5) is 28.9. The van der Waals surface area contributed by atoms with Crippen LogP contribution in [-0.4, -0.2) is 43.4 Å². The van der Waals surface area contributed by atoms with Crippen LogP contribution in [0.5, 0.6) is 0 Å². The van der Waals surface area contributed by atoms with E-state index in [0.29, 0.717) is 56.3 Å². The summed E-state index contributed by atoms with van der Waals surface area (Å²) in [5, 5.41) is 16.2. The highest BCUT2D eigenvalue weighted by Crippen LogP contribution is 2.25. The molecule has 2 aromatic heterocycles.